The smallest absolute Gasteiger partial charge is 0.294 e. The number of anilines is 2. The molecule has 0 atom stereocenters. The maximum absolute atomic E-state index is 12.9. The van der Waals surface area contributed by atoms with Crippen LogP contribution in [0.3, 0.4) is 0 Å². The number of rotatable bonds is 7. The van der Waals surface area contributed by atoms with Gasteiger partial charge in [0.05, 0.1) is 43.7 Å². The van der Waals surface area contributed by atoms with Crippen molar-refractivity contribution in [2.24, 2.45) is 0 Å². The molecule has 2 aliphatic rings. The first-order chi connectivity index (χ1) is 16.5. The minimum absolute atomic E-state index is 0.207. The van der Waals surface area contributed by atoms with E-state index in [0.29, 0.717) is 49.1 Å². The molecule has 2 aliphatic heterocycles. The van der Waals surface area contributed by atoms with Crippen LogP contribution in [0.25, 0.3) is 6.08 Å². The fourth-order valence-corrected chi connectivity index (χ4v) is 4.63. The van der Waals surface area contributed by atoms with Crippen molar-refractivity contribution in [2.75, 3.05) is 57.3 Å². The van der Waals surface area contributed by atoms with E-state index >= 15 is 0 Å². The van der Waals surface area contributed by atoms with E-state index in [1.54, 1.807) is 30.3 Å². The molecule has 0 unspecified atom stereocenters. The van der Waals surface area contributed by atoms with E-state index in [0.717, 1.165) is 22.3 Å². The highest BCUT2D eigenvalue weighted by atomic mass is 32.2. The quantitative estimate of drug-likeness (QED) is 0.600. The molecule has 2 saturated heterocycles. The summed E-state index contributed by atoms with van der Waals surface area (Å²) in [5.74, 6) is -0.0252. The number of amides is 3. The molecule has 1 N–H and O–H groups in total. The SMILES string of the molecule is COc1cccc(/C=C2/SC(=O)N(CC(=O)Nc3ccccc3N3CCOCC3)C2=O)c1OC. The van der Waals surface area contributed by atoms with Crippen molar-refractivity contribution in [1.29, 1.82) is 0 Å². The summed E-state index contributed by atoms with van der Waals surface area (Å²) in [5.41, 5.74) is 2.09. The second-order valence-corrected chi connectivity index (χ2v) is 8.51. The molecule has 0 spiro atoms. The third-order valence-electron chi connectivity index (χ3n) is 5.43. The van der Waals surface area contributed by atoms with E-state index in [2.05, 4.69) is 10.2 Å². The molecule has 2 aromatic carbocycles. The number of para-hydroxylation sites is 3. The van der Waals surface area contributed by atoms with Gasteiger partial charge in [-0.1, -0.05) is 24.3 Å². The van der Waals surface area contributed by atoms with Crippen LogP contribution in [-0.2, 0) is 14.3 Å². The van der Waals surface area contributed by atoms with Crippen molar-refractivity contribution in [3.05, 3.63) is 52.9 Å². The maximum Gasteiger partial charge on any atom is 0.294 e. The highest BCUT2D eigenvalue weighted by Gasteiger charge is 2.36. The number of thioether (sulfide) groups is 1. The number of hydrogen-bond acceptors (Lipinski definition) is 8. The minimum Gasteiger partial charge on any atom is -0.493 e. The standard InChI is InChI=1S/C24H25N3O6S/c1-31-19-9-5-6-16(22(19)32-2)14-20-23(29)27(24(30)34-20)15-21(28)25-17-7-3-4-8-18(17)26-10-12-33-13-11-26/h3-9,14H,10-13,15H2,1-2H3,(H,25,28)/b20-14+. The van der Waals surface area contributed by atoms with Crippen LogP contribution >= 0.6 is 11.8 Å². The number of carbonyl (C=O) groups excluding carboxylic acids is 3. The Hall–Kier alpha value is -3.50. The van der Waals surface area contributed by atoms with Crippen LogP contribution in [0, 0.1) is 0 Å². The highest BCUT2D eigenvalue weighted by molar-refractivity contribution is 8.18. The van der Waals surface area contributed by atoms with Crippen LogP contribution in [0.4, 0.5) is 16.2 Å². The molecular formula is C24H25N3O6S. The molecule has 4 rings (SSSR count). The number of ether oxygens (including phenoxy) is 3. The normalized spacial score (nSPS) is 17.3. The van der Waals surface area contributed by atoms with E-state index in [9.17, 15) is 14.4 Å². The molecule has 0 aromatic heterocycles. The largest absolute Gasteiger partial charge is 0.493 e. The molecule has 10 heteroatoms. The summed E-state index contributed by atoms with van der Waals surface area (Å²) in [5, 5.41) is 2.34. The fourth-order valence-electron chi connectivity index (χ4n) is 3.80. The number of imide groups is 1. The fraction of sp³-hybridized carbons (Fsp3) is 0.292. The van der Waals surface area contributed by atoms with Crippen molar-refractivity contribution >= 4 is 46.3 Å². The van der Waals surface area contributed by atoms with Gasteiger partial charge in [0, 0.05) is 18.7 Å². The average molecular weight is 484 g/mol. The molecule has 9 nitrogen and oxygen atoms in total. The van der Waals surface area contributed by atoms with E-state index in [4.69, 9.17) is 14.2 Å². The number of hydrogen-bond donors (Lipinski definition) is 1. The third kappa shape index (κ3) is 5.02. The Morgan fingerprint density at radius 3 is 2.59 bits per heavy atom. The zero-order valence-electron chi connectivity index (χ0n) is 18.9. The van der Waals surface area contributed by atoms with E-state index < -0.39 is 17.1 Å². The Balaban J connectivity index is 1.48. The topological polar surface area (TPSA) is 97.4 Å². The van der Waals surface area contributed by atoms with Gasteiger partial charge in [-0.25, -0.2) is 0 Å². The van der Waals surface area contributed by atoms with Crippen LogP contribution in [0.15, 0.2) is 47.4 Å². The summed E-state index contributed by atoms with van der Waals surface area (Å²) in [4.78, 5) is 41.5. The molecule has 2 aromatic rings. The Morgan fingerprint density at radius 1 is 1.09 bits per heavy atom. The third-order valence-corrected chi connectivity index (χ3v) is 6.33. The lowest BCUT2D eigenvalue weighted by molar-refractivity contribution is -0.127. The summed E-state index contributed by atoms with van der Waals surface area (Å²) in [6.45, 7) is 2.28. The molecule has 0 aliphatic carbocycles. The van der Waals surface area contributed by atoms with Crippen LogP contribution in [-0.4, -0.2) is 69.0 Å². The van der Waals surface area contributed by atoms with Crippen molar-refractivity contribution in [3.8, 4) is 11.5 Å². The Bertz CT molecular complexity index is 1130. The lowest BCUT2D eigenvalue weighted by Gasteiger charge is -2.30. The van der Waals surface area contributed by atoms with Crippen molar-refractivity contribution in [1.82, 2.24) is 4.90 Å². The Kier molecular flexibility index (Phi) is 7.39. The lowest BCUT2D eigenvalue weighted by Crippen LogP contribution is -2.38. The second kappa shape index (κ2) is 10.6. The molecular weight excluding hydrogens is 458 g/mol. The molecule has 2 fully saturated rings. The van der Waals surface area contributed by atoms with Gasteiger partial charge in [-0.3, -0.25) is 19.3 Å². The van der Waals surface area contributed by atoms with Gasteiger partial charge in [-0.05, 0) is 36.0 Å². The Morgan fingerprint density at radius 2 is 1.85 bits per heavy atom. The summed E-state index contributed by atoms with van der Waals surface area (Å²) < 4.78 is 16.1. The average Bonchev–Trinajstić information content (AvgIpc) is 3.12. The summed E-state index contributed by atoms with van der Waals surface area (Å²) in [6.07, 6.45) is 1.57. The van der Waals surface area contributed by atoms with Crippen molar-refractivity contribution < 1.29 is 28.6 Å². The number of carbonyl (C=O) groups is 3. The predicted octanol–water partition coefficient (Wildman–Crippen LogP) is 3.22. The molecule has 0 saturated carbocycles. The van der Waals surface area contributed by atoms with E-state index in [-0.39, 0.29) is 11.4 Å². The number of morpholine rings is 1. The highest BCUT2D eigenvalue weighted by Crippen LogP contribution is 2.37. The molecule has 2 heterocycles. The number of nitrogens with zero attached hydrogens (tertiary/aromatic N) is 2. The van der Waals surface area contributed by atoms with Gasteiger partial charge >= 0.3 is 0 Å². The molecule has 0 bridgehead atoms. The van der Waals surface area contributed by atoms with Gasteiger partial charge < -0.3 is 24.4 Å². The molecule has 0 radical (unpaired) electrons. The van der Waals surface area contributed by atoms with Crippen LogP contribution in [0.2, 0.25) is 0 Å². The monoisotopic (exact) mass is 483 g/mol. The van der Waals surface area contributed by atoms with Crippen LogP contribution < -0.4 is 19.7 Å². The number of nitrogens with one attached hydrogen (secondary N) is 1. The summed E-state index contributed by atoms with van der Waals surface area (Å²) in [6, 6.07) is 12.7. The Labute approximate surface area is 201 Å². The molecule has 178 valence electrons. The predicted molar refractivity (Wildman–Crippen MR) is 130 cm³/mol. The van der Waals surface area contributed by atoms with E-state index in [1.165, 1.54) is 14.2 Å². The second-order valence-electron chi connectivity index (χ2n) is 7.52. The summed E-state index contributed by atoms with van der Waals surface area (Å²) >= 11 is 0.783. The molecule has 3 amide bonds. The lowest BCUT2D eigenvalue weighted by atomic mass is 10.1. The van der Waals surface area contributed by atoms with Gasteiger partial charge in [0.15, 0.2) is 11.5 Å². The number of methoxy groups -OCH3 is 2. The van der Waals surface area contributed by atoms with Crippen LogP contribution in [0.5, 0.6) is 11.5 Å². The van der Waals surface area contributed by atoms with Gasteiger partial charge in [0.1, 0.15) is 6.54 Å². The zero-order valence-corrected chi connectivity index (χ0v) is 19.7. The van der Waals surface area contributed by atoms with Crippen molar-refractivity contribution in [3.63, 3.8) is 0 Å². The first-order valence-electron chi connectivity index (χ1n) is 10.7. The first kappa shape index (κ1) is 23.7. The van der Waals surface area contributed by atoms with Gasteiger partial charge in [-0.15, -0.1) is 0 Å². The minimum atomic E-state index is -0.531. The molecule has 34 heavy (non-hydrogen) atoms. The van der Waals surface area contributed by atoms with E-state index in [1.807, 2.05) is 18.2 Å². The van der Waals surface area contributed by atoms with Crippen LogP contribution in [0.1, 0.15) is 5.56 Å². The van der Waals surface area contributed by atoms with Gasteiger partial charge in [-0.2, -0.15) is 0 Å². The first-order valence-corrected chi connectivity index (χ1v) is 11.5. The van der Waals surface area contributed by atoms with Gasteiger partial charge in [0.2, 0.25) is 5.91 Å². The van der Waals surface area contributed by atoms with Gasteiger partial charge in [0.25, 0.3) is 11.1 Å². The van der Waals surface area contributed by atoms with Crippen molar-refractivity contribution in [2.45, 2.75) is 0 Å². The maximum atomic E-state index is 12.9. The summed E-state index contributed by atoms with van der Waals surface area (Å²) in [7, 11) is 3.02. The number of benzene rings is 2. The zero-order chi connectivity index (χ0) is 24.1.